The molecule has 0 saturated heterocycles. The van der Waals surface area contributed by atoms with Crippen molar-refractivity contribution >= 4 is 17.6 Å². The number of halogens is 1. The summed E-state index contributed by atoms with van der Waals surface area (Å²) in [5.41, 5.74) is 1.53. The van der Waals surface area contributed by atoms with Gasteiger partial charge in [-0.2, -0.15) is 0 Å². The summed E-state index contributed by atoms with van der Waals surface area (Å²) in [6.45, 7) is 0. The van der Waals surface area contributed by atoms with E-state index in [1.165, 1.54) is 0 Å². The van der Waals surface area contributed by atoms with Crippen molar-refractivity contribution in [3.8, 4) is 0 Å². The molecule has 0 aromatic heterocycles. The zero-order valence-electron chi connectivity index (χ0n) is 12.5. The van der Waals surface area contributed by atoms with Crippen molar-refractivity contribution in [3.63, 3.8) is 0 Å². The van der Waals surface area contributed by atoms with E-state index < -0.39 is 17.3 Å². The van der Waals surface area contributed by atoms with Crippen LogP contribution in [0.15, 0.2) is 66.7 Å². The highest BCUT2D eigenvalue weighted by Gasteiger charge is 2.59. The van der Waals surface area contributed by atoms with Gasteiger partial charge in [0.15, 0.2) is 0 Å². The molecule has 2 aliphatic rings. The van der Waals surface area contributed by atoms with Crippen LogP contribution in [-0.4, -0.2) is 11.1 Å². The second kappa shape index (κ2) is 5.24. The largest absolute Gasteiger partial charge is 0.481 e. The summed E-state index contributed by atoms with van der Waals surface area (Å²) < 4.78 is 0. The van der Waals surface area contributed by atoms with Crippen molar-refractivity contribution in [3.05, 3.63) is 82.9 Å². The Morgan fingerprint density at radius 1 is 1.09 bits per heavy atom. The Morgan fingerprint density at radius 2 is 1.78 bits per heavy atom. The first-order chi connectivity index (χ1) is 11.1. The lowest BCUT2D eigenvalue weighted by Crippen LogP contribution is -2.37. The predicted octanol–water partition coefficient (Wildman–Crippen LogP) is 4.65. The molecule has 4 atom stereocenters. The van der Waals surface area contributed by atoms with Gasteiger partial charge in [-0.3, -0.25) is 4.79 Å². The zero-order chi connectivity index (χ0) is 16.0. The van der Waals surface area contributed by atoms with Crippen molar-refractivity contribution in [1.82, 2.24) is 0 Å². The molecule has 2 aromatic carbocycles. The van der Waals surface area contributed by atoms with Gasteiger partial charge >= 0.3 is 5.97 Å². The number of hydrogen-bond acceptors (Lipinski definition) is 1. The molecular formula is C20H17ClO2. The average Bonchev–Trinajstić information content (AvgIpc) is 3.13. The van der Waals surface area contributed by atoms with E-state index in [1.54, 1.807) is 0 Å². The number of aliphatic carboxylic acids is 1. The van der Waals surface area contributed by atoms with Gasteiger partial charge in [0, 0.05) is 16.4 Å². The third-order valence-electron chi connectivity index (χ3n) is 5.42. The number of fused-ring (bicyclic) bond motifs is 2. The Bertz CT molecular complexity index is 783. The molecule has 0 amide bonds. The normalized spacial score (nSPS) is 31.4. The second-order valence-electron chi connectivity index (χ2n) is 6.50. The van der Waals surface area contributed by atoms with Crippen molar-refractivity contribution in [2.45, 2.75) is 17.8 Å². The van der Waals surface area contributed by atoms with E-state index >= 15 is 0 Å². The van der Waals surface area contributed by atoms with Crippen LogP contribution >= 0.6 is 11.6 Å². The standard InChI is InChI=1S/C20H17ClO2/c21-16-9-5-4-8-15(16)20-11-10-14(12-20)17(18(20)19(22)23)13-6-2-1-3-7-13/h1-11,14,17-18H,12H2,(H,22,23). The molecule has 116 valence electrons. The SMILES string of the molecule is O=C(O)C1C(c2ccccc2)C2C=CC1(c1ccccc1Cl)C2. The second-order valence-corrected chi connectivity index (χ2v) is 6.91. The molecule has 1 saturated carbocycles. The third kappa shape index (κ3) is 2.05. The van der Waals surface area contributed by atoms with E-state index in [4.69, 9.17) is 11.6 Å². The van der Waals surface area contributed by atoms with Gasteiger partial charge in [0.25, 0.3) is 0 Å². The number of carbonyl (C=O) groups is 1. The number of hydrogen-bond donors (Lipinski definition) is 1. The van der Waals surface area contributed by atoms with Crippen molar-refractivity contribution in [2.75, 3.05) is 0 Å². The molecule has 0 radical (unpaired) electrons. The van der Waals surface area contributed by atoms with Gasteiger partial charge < -0.3 is 5.11 Å². The summed E-state index contributed by atoms with van der Waals surface area (Å²) in [6, 6.07) is 17.6. The molecule has 2 aliphatic carbocycles. The molecule has 4 rings (SSSR count). The topological polar surface area (TPSA) is 37.3 Å². The number of benzene rings is 2. The smallest absolute Gasteiger partial charge is 0.308 e. The number of carboxylic acid groups (broad SMARTS) is 1. The lowest BCUT2D eigenvalue weighted by atomic mass is 9.68. The maximum atomic E-state index is 12.2. The quantitative estimate of drug-likeness (QED) is 0.834. The molecule has 0 aliphatic heterocycles. The average molecular weight is 325 g/mol. The summed E-state index contributed by atoms with van der Waals surface area (Å²) in [5, 5.41) is 10.7. The monoisotopic (exact) mass is 324 g/mol. The molecule has 1 N–H and O–H groups in total. The van der Waals surface area contributed by atoms with Crippen LogP contribution in [0.1, 0.15) is 23.5 Å². The van der Waals surface area contributed by atoms with Gasteiger partial charge in [0.2, 0.25) is 0 Å². The summed E-state index contributed by atoms with van der Waals surface area (Å²) in [7, 11) is 0. The third-order valence-corrected chi connectivity index (χ3v) is 5.75. The zero-order valence-corrected chi connectivity index (χ0v) is 13.3. The molecule has 1 fully saturated rings. The van der Waals surface area contributed by atoms with Crippen LogP contribution in [-0.2, 0) is 10.2 Å². The maximum Gasteiger partial charge on any atom is 0.308 e. The lowest BCUT2D eigenvalue weighted by Gasteiger charge is -2.34. The minimum Gasteiger partial charge on any atom is -0.481 e. The van der Waals surface area contributed by atoms with Crippen LogP contribution < -0.4 is 0 Å². The Kier molecular flexibility index (Phi) is 3.31. The minimum absolute atomic E-state index is 0.00465. The molecule has 2 nitrogen and oxygen atoms in total. The van der Waals surface area contributed by atoms with Crippen LogP contribution in [0.5, 0.6) is 0 Å². The van der Waals surface area contributed by atoms with Crippen molar-refractivity contribution in [1.29, 1.82) is 0 Å². The fourth-order valence-corrected chi connectivity index (χ4v) is 4.87. The van der Waals surface area contributed by atoms with Gasteiger partial charge in [-0.15, -0.1) is 0 Å². The number of rotatable bonds is 3. The van der Waals surface area contributed by atoms with Crippen LogP contribution in [0.25, 0.3) is 0 Å². The van der Waals surface area contributed by atoms with Crippen LogP contribution in [0.2, 0.25) is 5.02 Å². The molecule has 2 aromatic rings. The predicted molar refractivity (Wildman–Crippen MR) is 90.7 cm³/mol. The first-order valence-electron chi connectivity index (χ1n) is 7.85. The molecule has 0 spiro atoms. The maximum absolute atomic E-state index is 12.2. The highest BCUT2D eigenvalue weighted by Crippen LogP contribution is 2.62. The van der Waals surface area contributed by atoms with Gasteiger partial charge in [0.1, 0.15) is 0 Å². The fraction of sp³-hybridized carbons (Fsp3) is 0.250. The summed E-state index contributed by atoms with van der Waals surface area (Å²) in [4.78, 5) is 12.2. The van der Waals surface area contributed by atoms with Gasteiger partial charge in [0.05, 0.1) is 5.92 Å². The van der Waals surface area contributed by atoms with Crippen LogP contribution in [0.3, 0.4) is 0 Å². The molecule has 0 heterocycles. The fourth-order valence-electron chi connectivity index (χ4n) is 4.56. The van der Waals surface area contributed by atoms with Gasteiger partial charge in [-0.05, 0) is 29.5 Å². The van der Waals surface area contributed by atoms with Gasteiger partial charge in [-0.1, -0.05) is 72.3 Å². The summed E-state index contributed by atoms with van der Waals surface area (Å²) in [6.07, 6.45) is 5.07. The Morgan fingerprint density at radius 3 is 2.48 bits per heavy atom. The molecule has 23 heavy (non-hydrogen) atoms. The number of allylic oxidation sites excluding steroid dienone is 2. The molecule has 2 bridgehead atoms. The van der Waals surface area contributed by atoms with Crippen LogP contribution in [0, 0.1) is 11.8 Å². The Balaban J connectivity index is 1.88. The Hall–Kier alpha value is -2.06. The van der Waals surface area contributed by atoms with E-state index in [2.05, 4.69) is 12.2 Å². The van der Waals surface area contributed by atoms with E-state index in [9.17, 15) is 9.90 Å². The molecule has 3 heteroatoms. The first-order valence-corrected chi connectivity index (χ1v) is 8.23. The van der Waals surface area contributed by atoms with E-state index in [1.807, 2.05) is 54.6 Å². The van der Waals surface area contributed by atoms with E-state index in [0.717, 1.165) is 17.5 Å². The summed E-state index contributed by atoms with van der Waals surface area (Å²) in [5.74, 6) is -0.991. The highest BCUT2D eigenvalue weighted by molar-refractivity contribution is 6.31. The highest BCUT2D eigenvalue weighted by atomic mass is 35.5. The Labute approximate surface area is 140 Å². The molecule has 4 unspecified atom stereocenters. The number of carboxylic acids is 1. The van der Waals surface area contributed by atoms with Gasteiger partial charge in [-0.25, -0.2) is 0 Å². The van der Waals surface area contributed by atoms with E-state index in [0.29, 0.717) is 5.02 Å². The summed E-state index contributed by atoms with van der Waals surface area (Å²) >= 11 is 6.43. The minimum atomic E-state index is -0.745. The lowest BCUT2D eigenvalue weighted by molar-refractivity contribution is -0.143. The van der Waals surface area contributed by atoms with Crippen molar-refractivity contribution in [2.24, 2.45) is 11.8 Å². The van der Waals surface area contributed by atoms with Crippen LogP contribution in [0.4, 0.5) is 0 Å². The van der Waals surface area contributed by atoms with E-state index in [-0.39, 0.29) is 11.8 Å². The van der Waals surface area contributed by atoms with Crippen molar-refractivity contribution < 1.29 is 9.90 Å². The first kappa shape index (κ1) is 14.5. The molecular weight excluding hydrogens is 308 g/mol.